The summed E-state index contributed by atoms with van der Waals surface area (Å²) in [5.41, 5.74) is 2.50. The number of aliphatic hydroxyl groups excluding tert-OH is 1. The molecule has 1 aromatic heterocycles. The van der Waals surface area contributed by atoms with E-state index >= 15 is 0 Å². The number of hydrogen-bond acceptors (Lipinski definition) is 4. The molecular weight excluding hydrogens is 242 g/mol. The maximum atomic E-state index is 9.44. The number of para-hydroxylation sites is 2. The largest absolute Gasteiger partial charge is 0.493 e. The quantitative estimate of drug-likeness (QED) is 0.917. The van der Waals surface area contributed by atoms with Crippen LogP contribution in [-0.4, -0.2) is 17.2 Å². The van der Waals surface area contributed by atoms with E-state index in [1.807, 2.05) is 38.1 Å². The highest BCUT2D eigenvalue weighted by atomic mass is 16.5. The minimum atomic E-state index is -0.108. The highest BCUT2D eigenvalue weighted by molar-refractivity contribution is 5.44. The van der Waals surface area contributed by atoms with Crippen LogP contribution in [0.1, 0.15) is 16.8 Å². The normalized spacial score (nSPS) is 10.3. The van der Waals surface area contributed by atoms with Crippen molar-refractivity contribution in [1.82, 2.24) is 4.98 Å². The summed E-state index contributed by atoms with van der Waals surface area (Å²) in [6.45, 7) is 3.71. The predicted octanol–water partition coefficient (Wildman–Crippen LogP) is 2.99. The van der Waals surface area contributed by atoms with Gasteiger partial charge in [0, 0.05) is 11.3 Å². The molecule has 2 aromatic rings. The van der Waals surface area contributed by atoms with Crippen LogP contribution in [-0.2, 0) is 6.61 Å². The molecule has 0 aliphatic rings. The first-order chi connectivity index (χ1) is 9.15. The van der Waals surface area contributed by atoms with Gasteiger partial charge in [0.25, 0.3) is 0 Å². The van der Waals surface area contributed by atoms with Gasteiger partial charge in [-0.15, -0.1) is 0 Å². The molecule has 0 amide bonds. The maximum absolute atomic E-state index is 9.44. The fraction of sp³-hybridized carbons (Fsp3) is 0.267. The van der Waals surface area contributed by atoms with Gasteiger partial charge in [0.05, 0.1) is 13.7 Å². The van der Waals surface area contributed by atoms with E-state index in [2.05, 4.69) is 4.98 Å². The third-order valence-corrected chi connectivity index (χ3v) is 2.87. The molecule has 2 rings (SSSR count). The first-order valence-electron chi connectivity index (χ1n) is 6.04. The Morgan fingerprint density at radius 2 is 1.84 bits per heavy atom. The molecule has 4 heteroatoms. The molecule has 0 spiro atoms. The minimum Gasteiger partial charge on any atom is -0.493 e. The van der Waals surface area contributed by atoms with Gasteiger partial charge in [0.2, 0.25) is 5.88 Å². The van der Waals surface area contributed by atoms with Crippen LogP contribution < -0.4 is 9.47 Å². The van der Waals surface area contributed by atoms with Crippen molar-refractivity contribution in [1.29, 1.82) is 0 Å². The van der Waals surface area contributed by atoms with Gasteiger partial charge in [-0.2, -0.15) is 0 Å². The molecule has 1 heterocycles. The molecule has 0 atom stereocenters. The number of pyridine rings is 1. The number of hydrogen-bond donors (Lipinski definition) is 1. The van der Waals surface area contributed by atoms with Crippen molar-refractivity contribution in [3.05, 3.63) is 47.2 Å². The zero-order valence-electron chi connectivity index (χ0n) is 11.3. The van der Waals surface area contributed by atoms with Crippen LogP contribution in [0.4, 0.5) is 0 Å². The van der Waals surface area contributed by atoms with E-state index in [4.69, 9.17) is 9.47 Å². The smallest absolute Gasteiger partial charge is 0.225 e. The third kappa shape index (κ3) is 2.85. The lowest BCUT2D eigenvalue weighted by Gasteiger charge is -2.13. The molecule has 0 unspecified atom stereocenters. The van der Waals surface area contributed by atoms with Crippen molar-refractivity contribution in [2.24, 2.45) is 0 Å². The van der Waals surface area contributed by atoms with Gasteiger partial charge in [-0.25, -0.2) is 4.98 Å². The van der Waals surface area contributed by atoms with E-state index in [-0.39, 0.29) is 6.61 Å². The van der Waals surface area contributed by atoms with Gasteiger partial charge in [0.1, 0.15) is 0 Å². The van der Waals surface area contributed by atoms with Gasteiger partial charge in [0.15, 0.2) is 11.5 Å². The number of aliphatic hydroxyl groups is 1. The third-order valence-electron chi connectivity index (χ3n) is 2.87. The Hall–Kier alpha value is -2.07. The summed E-state index contributed by atoms with van der Waals surface area (Å²) >= 11 is 0. The maximum Gasteiger partial charge on any atom is 0.225 e. The monoisotopic (exact) mass is 259 g/mol. The molecule has 100 valence electrons. The molecule has 1 aromatic carbocycles. The zero-order chi connectivity index (χ0) is 13.8. The van der Waals surface area contributed by atoms with Crippen LogP contribution in [0.2, 0.25) is 0 Å². The van der Waals surface area contributed by atoms with Crippen molar-refractivity contribution in [2.45, 2.75) is 20.5 Å². The van der Waals surface area contributed by atoms with Crippen LogP contribution in [0.5, 0.6) is 17.4 Å². The summed E-state index contributed by atoms with van der Waals surface area (Å²) in [5, 5.41) is 9.44. The molecule has 0 saturated carbocycles. The molecule has 0 radical (unpaired) electrons. The van der Waals surface area contributed by atoms with Crippen molar-refractivity contribution in [2.75, 3.05) is 7.11 Å². The predicted molar refractivity (Wildman–Crippen MR) is 72.7 cm³/mol. The van der Waals surface area contributed by atoms with E-state index < -0.39 is 0 Å². The molecule has 19 heavy (non-hydrogen) atoms. The summed E-state index contributed by atoms with van der Waals surface area (Å²) in [4.78, 5) is 4.34. The van der Waals surface area contributed by atoms with Crippen molar-refractivity contribution in [3.63, 3.8) is 0 Å². The Morgan fingerprint density at radius 3 is 2.47 bits per heavy atom. The Bertz CT molecular complexity index is 582. The lowest BCUT2D eigenvalue weighted by Crippen LogP contribution is -2.00. The number of methoxy groups -OCH3 is 1. The fourth-order valence-electron chi connectivity index (χ4n) is 1.91. The Balaban J connectivity index is 2.43. The van der Waals surface area contributed by atoms with E-state index in [0.29, 0.717) is 22.9 Å². The number of aromatic nitrogens is 1. The molecule has 4 nitrogen and oxygen atoms in total. The second-order valence-electron chi connectivity index (χ2n) is 4.28. The van der Waals surface area contributed by atoms with Crippen molar-refractivity contribution in [3.8, 4) is 17.4 Å². The minimum absolute atomic E-state index is 0.108. The van der Waals surface area contributed by atoms with Crippen LogP contribution in [0, 0.1) is 13.8 Å². The lowest BCUT2D eigenvalue weighted by atomic mass is 10.1. The van der Waals surface area contributed by atoms with E-state index in [1.54, 1.807) is 13.2 Å². The molecule has 1 N–H and O–H groups in total. The summed E-state index contributed by atoms with van der Waals surface area (Å²) in [7, 11) is 1.59. The Morgan fingerprint density at radius 1 is 1.16 bits per heavy atom. The van der Waals surface area contributed by atoms with Crippen molar-refractivity contribution >= 4 is 0 Å². The SMILES string of the molecule is COc1ccccc1Oc1nc(C)cc(C)c1CO. The molecule has 0 aliphatic carbocycles. The van der Waals surface area contributed by atoms with Gasteiger partial charge < -0.3 is 14.6 Å². The number of ether oxygens (including phenoxy) is 2. The van der Waals surface area contributed by atoms with Crippen LogP contribution in [0.15, 0.2) is 30.3 Å². The average molecular weight is 259 g/mol. The van der Waals surface area contributed by atoms with Crippen LogP contribution >= 0.6 is 0 Å². The van der Waals surface area contributed by atoms with E-state index in [0.717, 1.165) is 11.3 Å². The Kier molecular flexibility index (Phi) is 4.02. The second kappa shape index (κ2) is 5.71. The van der Waals surface area contributed by atoms with Gasteiger partial charge in [-0.3, -0.25) is 0 Å². The molecule has 0 saturated heterocycles. The topological polar surface area (TPSA) is 51.6 Å². The highest BCUT2D eigenvalue weighted by Crippen LogP contribution is 2.32. The van der Waals surface area contributed by atoms with Crippen LogP contribution in [0.3, 0.4) is 0 Å². The summed E-state index contributed by atoms with van der Waals surface area (Å²) in [6.07, 6.45) is 0. The molecule has 0 fully saturated rings. The zero-order valence-corrected chi connectivity index (χ0v) is 11.3. The standard InChI is InChI=1S/C15H17NO3/c1-10-8-11(2)16-15(12(10)9-17)19-14-7-5-4-6-13(14)18-3/h4-8,17H,9H2,1-3H3. The lowest BCUT2D eigenvalue weighted by molar-refractivity contribution is 0.273. The fourth-order valence-corrected chi connectivity index (χ4v) is 1.91. The number of aryl methyl sites for hydroxylation is 2. The van der Waals surface area contributed by atoms with E-state index in [9.17, 15) is 5.11 Å². The first kappa shape index (κ1) is 13.4. The van der Waals surface area contributed by atoms with Crippen LogP contribution in [0.25, 0.3) is 0 Å². The van der Waals surface area contributed by atoms with E-state index in [1.165, 1.54) is 0 Å². The highest BCUT2D eigenvalue weighted by Gasteiger charge is 2.12. The summed E-state index contributed by atoms with van der Waals surface area (Å²) in [5.74, 6) is 1.63. The number of benzene rings is 1. The van der Waals surface area contributed by atoms with Gasteiger partial charge in [-0.1, -0.05) is 12.1 Å². The number of nitrogens with zero attached hydrogens (tertiary/aromatic N) is 1. The average Bonchev–Trinajstić information content (AvgIpc) is 2.39. The molecule has 0 bridgehead atoms. The first-order valence-corrected chi connectivity index (χ1v) is 6.04. The molecular formula is C15H17NO3. The second-order valence-corrected chi connectivity index (χ2v) is 4.28. The summed E-state index contributed by atoms with van der Waals surface area (Å²) in [6, 6.07) is 9.27. The molecule has 0 aliphatic heterocycles. The Labute approximate surface area is 112 Å². The summed E-state index contributed by atoms with van der Waals surface area (Å²) < 4.78 is 11.0. The van der Waals surface area contributed by atoms with Gasteiger partial charge >= 0.3 is 0 Å². The van der Waals surface area contributed by atoms with Gasteiger partial charge in [-0.05, 0) is 37.6 Å². The van der Waals surface area contributed by atoms with Crippen molar-refractivity contribution < 1.29 is 14.6 Å². The number of rotatable bonds is 4.